The van der Waals surface area contributed by atoms with Gasteiger partial charge in [-0.25, -0.2) is 0 Å². The zero-order chi connectivity index (χ0) is 17.9. The molecule has 26 heavy (non-hydrogen) atoms. The first-order chi connectivity index (χ1) is 12.3. The summed E-state index contributed by atoms with van der Waals surface area (Å²) in [6.07, 6.45) is 8.69. The van der Waals surface area contributed by atoms with Gasteiger partial charge in [0, 0.05) is 26.2 Å². The number of hydrogen-bond donors (Lipinski definition) is 2. The summed E-state index contributed by atoms with van der Waals surface area (Å²) < 4.78 is 5.38. The third-order valence-corrected chi connectivity index (χ3v) is 4.59. The predicted molar refractivity (Wildman–Crippen MR) is 120 cm³/mol. The Morgan fingerprint density at radius 3 is 2.77 bits per heavy atom. The van der Waals surface area contributed by atoms with E-state index in [1.807, 2.05) is 19.2 Å². The summed E-state index contributed by atoms with van der Waals surface area (Å²) in [5, 5.41) is 6.84. The molecule has 0 radical (unpaired) electrons. The Kier molecular flexibility index (Phi) is 11.1. The van der Waals surface area contributed by atoms with Crippen molar-refractivity contribution < 1.29 is 4.74 Å². The van der Waals surface area contributed by atoms with E-state index < -0.39 is 0 Å². The van der Waals surface area contributed by atoms with Crippen LogP contribution in [0.15, 0.2) is 29.3 Å². The number of hydrogen-bond acceptors (Lipinski definition) is 3. The van der Waals surface area contributed by atoms with Gasteiger partial charge in [0.15, 0.2) is 5.96 Å². The molecule has 1 aromatic rings. The fraction of sp³-hybridized carbons (Fsp3) is 0.550. The molecular weight excluding hydrogens is 439 g/mol. The van der Waals surface area contributed by atoms with Crippen LogP contribution in [-0.2, 0) is 6.42 Å². The molecule has 0 aromatic heterocycles. The Hall–Kier alpha value is -1.46. The number of likely N-dealkylation sites (tertiary alicyclic amines) is 1. The first kappa shape index (κ1) is 22.6. The van der Waals surface area contributed by atoms with Crippen molar-refractivity contribution >= 4 is 29.9 Å². The standard InChI is InChI=1S/C20H30N4O.HI/c1-4-15-25-19-10-8-17(9-11-19)12-13-22-20(21-3)23-16-18-7-6-14-24(18)5-2;/h1,8-11,18H,5-7,12-16H2,2-3H3,(H2,21,22,23);1H. The van der Waals surface area contributed by atoms with E-state index in [1.54, 1.807) is 0 Å². The lowest BCUT2D eigenvalue weighted by Crippen LogP contribution is -2.45. The second kappa shape index (κ2) is 12.8. The summed E-state index contributed by atoms with van der Waals surface area (Å²) in [6, 6.07) is 8.68. The van der Waals surface area contributed by atoms with Crippen LogP contribution in [0, 0.1) is 12.3 Å². The minimum atomic E-state index is 0. The molecular formula is C20H31IN4O. The van der Waals surface area contributed by atoms with Crippen LogP contribution in [0.3, 0.4) is 0 Å². The Bertz CT molecular complexity index is 582. The van der Waals surface area contributed by atoms with Crippen LogP contribution in [-0.4, -0.2) is 56.7 Å². The van der Waals surface area contributed by atoms with Crippen molar-refractivity contribution in [2.45, 2.75) is 32.2 Å². The van der Waals surface area contributed by atoms with Gasteiger partial charge in [-0.05, 0) is 50.0 Å². The summed E-state index contributed by atoms with van der Waals surface area (Å²) in [4.78, 5) is 6.85. The lowest BCUT2D eigenvalue weighted by atomic mass is 10.1. The largest absolute Gasteiger partial charge is 0.481 e. The fourth-order valence-electron chi connectivity index (χ4n) is 3.18. The molecule has 0 spiro atoms. The van der Waals surface area contributed by atoms with E-state index in [0.29, 0.717) is 12.6 Å². The molecule has 0 amide bonds. The van der Waals surface area contributed by atoms with Crippen LogP contribution in [0.1, 0.15) is 25.3 Å². The molecule has 1 aromatic carbocycles. The molecule has 0 saturated carbocycles. The van der Waals surface area contributed by atoms with E-state index in [-0.39, 0.29) is 24.0 Å². The summed E-state index contributed by atoms with van der Waals surface area (Å²) in [5.74, 6) is 4.15. The van der Waals surface area contributed by atoms with Crippen LogP contribution in [0.4, 0.5) is 0 Å². The van der Waals surface area contributed by atoms with E-state index in [2.05, 4.69) is 45.5 Å². The van der Waals surface area contributed by atoms with Gasteiger partial charge >= 0.3 is 0 Å². The Labute approximate surface area is 175 Å². The molecule has 1 saturated heterocycles. The van der Waals surface area contributed by atoms with E-state index >= 15 is 0 Å². The third-order valence-electron chi connectivity index (χ3n) is 4.59. The number of ether oxygens (including phenoxy) is 1. The minimum absolute atomic E-state index is 0. The number of guanidine groups is 1. The van der Waals surface area contributed by atoms with Crippen LogP contribution in [0.25, 0.3) is 0 Å². The van der Waals surface area contributed by atoms with E-state index in [0.717, 1.165) is 37.8 Å². The molecule has 2 rings (SSSR count). The summed E-state index contributed by atoms with van der Waals surface area (Å²) in [6.45, 7) is 6.67. The van der Waals surface area contributed by atoms with Crippen molar-refractivity contribution in [3.63, 3.8) is 0 Å². The lowest BCUT2D eigenvalue weighted by Gasteiger charge is -2.24. The summed E-state index contributed by atoms with van der Waals surface area (Å²) in [7, 11) is 1.82. The van der Waals surface area contributed by atoms with Gasteiger partial charge in [0.1, 0.15) is 12.4 Å². The minimum Gasteiger partial charge on any atom is -0.481 e. The average molecular weight is 470 g/mol. The second-order valence-corrected chi connectivity index (χ2v) is 6.19. The van der Waals surface area contributed by atoms with Crippen molar-refractivity contribution in [2.75, 3.05) is 39.8 Å². The maximum absolute atomic E-state index is 5.38. The van der Waals surface area contributed by atoms with Gasteiger partial charge in [0.05, 0.1) is 0 Å². The highest BCUT2D eigenvalue weighted by Gasteiger charge is 2.22. The van der Waals surface area contributed by atoms with Gasteiger partial charge < -0.3 is 15.4 Å². The smallest absolute Gasteiger partial charge is 0.191 e. The Morgan fingerprint density at radius 2 is 2.12 bits per heavy atom. The molecule has 1 atom stereocenters. The molecule has 0 bridgehead atoms. The second-order valence-electron chi connectivity index (χ2n) is 6.19. The molecule has 1 fully saturated rings. The predicted octanol–water partition coefficient (Wildman–Crippen LogP) is 2.51. The van der Waals surface area contributed by atoms with Gasteiger partial charge in [-0.2, -0.15) is 0 Å². The normalized spacial score (nSPS) is 17.3. The van der Waals surface area contributed by atoms with Crippen LogP contribution < -0.4 is 15.4 Å². The Morgan fingerprint density at radius 1 is 1.35 bits per heavy atom. The molecule has 0 aliphatic carbocycles. The first-order valence-corrected chi connectivity index (χ1v) is 9.10. The zero-order valence-corrected chi connectivity index (χ0v) is 18.2. The quantitative estimate of drug-likeness (QED) is 0.266. The van der Waals surface area contributed by atoms with Gasteiger partial charge in [0.2, 0.25) is 0 Å². The highest BCUT2D eigenvalue weighted by molar-refractivity contribution is 14.0. The molecule has 1 unspecified atom stereocenters. The number of aliphatic imine (C=N–C) groups is 1. The number of benzene rings is 1. The molecule has 144 valence electrons. The van der Waals surface area contributed by atoms with Crippen molar-refractivity contribution in [2.24, 2.45) is 4.99 Å². The molecule has 2 N–H and O–H groups in total. The maximum Gasteiger partial charge on any atom is 0.191 e. The number of likely N-dealkylation sites (N-methyl/N-ethyl adjacent to an activating group) is 1. The van der Waals surface area contributed by atoms with Gasteiger partial charge in [-0.15, -0.1) is 30.4 Å². The first-order valence-electron chi connectivity index (χ1n) is 9.10. The number of rotatable bonds is 8. The van der Waals surface area contributed by atoms with Crippen molar-refractivity contribution in [3.05, 3.63) is 29.8 Å². The fourth-order valence-corrected chi connectivity index (χ4v) is 3.18. The average Bonchev–Trinajstić information content (AvgIpc) is 3.11. The van der Waals surface area contributed by atoms with Gasteiger partial charge in [-0.3, -0.25) is 9.89 Å². The van der Waals surface area contributed by atoms with Crippen LogP contribution in [0.2, 0.25) is 0 Å². The zero-order valence-electron chi connectivity index (χ0n) is 15.8. The number of nitrogens with one attached hydrogen (secondary N) is 2. The molecule has 5 nitrogen and oxygen atoms in total. The van der Waals surface area contributed by atoms with Crippen molar-refractivity contribution in [3.8, 4) is 18.1 Å². The third kappa shape index (κ3) is 7.42. The lowest BCUT2D eigenvalue weighted by molar-refractivity contribution is 0.267. The van der Waals surface area contributed by atoms with E-state index in [1.165, 1.54) is 24.9 Å². The summed E-state index contributed by atoms with van der Waals surface area (Å²) >= 11 is 0. The van der Waals surface area contributed by atoms with Crippen molar-refractivity contribution in [1.82, 2.24) is 15.5 Å². The Balaban J connectivity index is 0.00000338. The highest BCUT2D eigenvalue weighted by Crippen LogP contribution is 2.15. The van der Waals surface area contributed by atoms with E-state index in [9.17, 15) is 0 Å². The molecule has 1 heterocycles. The molecule has 1 aliphatic heterocycles. The van der Waals surface area contributed by atoms with Gasteiger partial charge in [-0.1, -0.05) is 25.0 Å². The van der Waals surface area contributed by atoms with Crippen LogP contribution in [0.5, 0.6) is 5.75 Å². The SMILES string of the molecule is C#CCOc1ccc(CCNC(=NC)NCC2CCCN2CC)cc1.I. The van der Waals surface area contributed by atoms with Crippen LogP contribution >= 0.6 is 24.0 Å². The van der Waals surface area contributed by atoms with E-state index in [4.69, 9.17) is 11.2 Å². The summed E-state index contributed by atoms with van der Waals surface area (Å²) in [5.41, 5.74) is 1.25. The highest BCUT2D eigenvalue weighted by atomic mass is 127. The topological polar surface area (TPSA) is 48.9 Å². The van der Waals surface area contributed by atoms with Crippen molar-refractivity contribution in [1.29, 1.82) is 0 Å². The van der Waals surface area contributed by atoms with Gasteiger partial charge in [0.25, 0.3) is 0 Å². The monoisotopic (exact) mass is 470 g/mol. The number of terminal acetylenes is 1. The maximum atomic E-state index is 5.38. The number of nitrogens with zero attached hydrogens (tertiary/aromatic N) is 2. The molecule has 1 aliphatic rings. The number of halogens is 1. The molecule has 6 heteroatoms.